The van der Waals surface area contributed by atoms with Gasteiger partial charge in [-0.05, 0) is 24.2 Å². The highest BCUT2D eigenvalue weighted by Gasteiger charge is 2.45. The fourth-order valence-electron chi connectivity index (χ4n) is 2.96. The summed E-state index contributed by atoms with van der Waals surface area (Å²) in [6.45, 7) is 8.69. The summed E-state index contributed by atoms with van der Waals surface area (Å²) in [4.78, 5) is 12.2. The van der Waals surface area contributed by atoms with Crippen LogP contribution in [0.25, 0.3) is 0 Å². The van der Waals surface area contributed by atoms with Gasteiger partial charge in [-0.1, -0.05) is 27.7 Å². The van der Waals surface area contributed by atoms with E-state index < -0.39 is 0 Å². The van der Waals surface area contributed by atoms with E-state index in [0.717, 1.165) is 18.6 Å². The molecule has 2 aliphatic rings. The van der Waals surface area contributed by atoms with Crippen LogP contribution < -0.4 is 5.43 Å². The van der Waals surface area contributed by atoms with E-state index in [1.165, 1.54) is 0 Å². The molecular formula is C13H22N2O. The smallest absolute Gasteiger partial charge is 0.144 e. The van der Waals surface area contributed by atoms with E-state index in [-0.39, 0.29) is 17.4 Å². The van der Waals surface area contributed by atoms with E-state index in [2.05, 4.69) is 38.2 Å². The molecule has 0 spiro atoms. The van der Waals surface area contributed by atoms with Crippen LogP contribution in [0.2, 0.25) is 0 Å². The van der Waals surface area contributed by atoms with Crippen molar-refractivity contribution in [2.24, 2.45) is 22.4 Å². The van der Waals surface area contributed by atoms with Gasteiger partial charge in [-0.2, -0.15) is 5.10 Å². The number of Topliss-reactive ketones (excluding diaryl/α,β-unsaturated/α-hetero) is 1. The zero-order chi connectivity index (χ0) is 11.9. The number of hydrogen-bond acceptors (Lipinski definition) is 3. The molecule has 2 rings (SSSR count). The van der Waals surface area contributed by atoms with Gasteiger partial charge >= 0.3 is 0 Å². The Morgan fingerprint density at radius 3 is 2.81 bits per heavy atom. The molecule has 0 saturated heterocycles. The van der Waals surface area contributed by atoms with Crippen LogP contribution in [0.15, 0.2) is 5.10 Å². The highest BCUT2D eigenvalue weighted by atomic mass is 16.1. The van der Waals surface area contributed by atoms with Crippen LogP contribution in [0.1, 0.15) is 47.0 Å². The van der Waals surface area contributed by atoms with Crippen molar-refractivity contribution < 1.29 is 4.79 Å². The molecule has 1 fully saturated rings. The monoisotopic (exact) mass is 222 g/mol. The second kappa shape index (κ2) is 3.86. The molecule has 1 saturated carbocycles. The number of hydrazone groups is 1. The van der Waals surface area contributed by atoms with Crippen molar-refractivity contribution in [3.63, 3.8) is 0 Å². The van der Waals surface area contributed by atoms with E-state index >= 15 is 0 Å². The van der Waals surface area contributed by atoms with Crippen molar-refractivity contribution in [1.29, 1.82) is 0 Å². The standard InChI is InChI=1S/C13H22N2O/c1-8(2)5-9-12-10(15-14-9)6-13(3,4)7-11(12)16/h8,10,12,15H,5-7H2,1-4H3/t10-,12+/m1/s1. The summed E-state index contributed by atoms with van der Waals surface area (Å²) in [5.74, 6) is 1.02. The summed E-state index contributed by atoms with van der Waals surface area (Å²) < 4.78 is 0. The molecule has 0 aromatic carbocycles. The number of hydrogen-bond donors (Lipinski definition) is 1. The number of nitrogens with one attached hydrogen (secondary N) is 1. The summed E-state index contributed by atoms with van der Waals surface area (Å²) >= 11 is 0. The lowest BCUT2D eigenvalue weighted by atomic mass is 9.68. The Morgan fingerprint density at radius 2 is 2.19 bits per heavy atom. The molecule has 16 heavy (non-hydrogen) atoms. The Hall–Kier alpha value is -0.860. The quantitative estimate of drug-likeness (QED) is 0.779. The first-order valence-electron chi connectivity index (χ1n) is 6.24. The highest BCUT2D eigenvalue weighted by Crippen LogP contribution is 2.39. The van der Waals surface area contributed by atoms with Gasteiger partial charge in [0.2, 0.25) is 0 Å². The molecule has 0 aromatic heterocycles. The summed E-state index contributed by atoms with van der Waals surface area (Å²) in [5, 5.41) is 4.38. The van der Waals surface area contributed by atoms with Gasteiger partial charge in [-0.3, -0.25) is 4.79 Å². The molecule has 1 aliphatic heterocycles. The molecule has 1 N–H and O–H groups in total. The van der Waals surface area contributed by atoms with E-state index in [0.29, 0.717) is 18.1 Å². The first-order chi connectivity index (χ1) is 7.39. The lowest BCUT2D eigenvalue weighted by Crippen LogP contribution is -2.45. The predicted octanol–water partition coefficient (Wildman–Crippen LogP) is 2.37. The molecule has 1 heterocycles. The van der Waals surface area contributed by atoms with Gasteiger partial charge in [0.15, 0.2) is 0 Å². The van der Waals surface area contributed by atoms with E-state index in [4.69, 9.17) is 0 Å². The van der Waals surface area contributed by atoms with Crippen LogP contribution in [0.5, 0.6) is 0 Å². The van der Waals surface area contributed by atoms with Gasteiger partial charge < -0.3 is 5.43 Å². The largest absolute Gasteiger partial charge is 0.306 e. The van der Waals surface area contributed by atoms with Crippen LogP contribution in [0.3, 0.4) is 0 Å². The van der Waals surface area contributed by atoms with Crippen molar-refractivity contribution in [3.05, 3.63) is 0 Å². The Kier molecular flexibility index (Phi) is 2.81. The minimum absolute atomic E-state index is 0.0652. The number of carbonyl (C=O) groups excluding carboxylic acids is 1. The Labute approximate surface area is 97.7 Å². The summed E-state index contributed by atoms with van der Waals surface area (Å²) in [6.07, 6.45) is 2.70. The van der Waals surface area contributed by atoms with Crippen LogP contribution in [-0.2, 0) is 4.79 Å². The molecular weight excluding hydrogens is 200 g/mol. The lowest BCUT2D eigenvalue weighted by molar-refractivity contribution is -0.126. The number of nitrogens with zero attached hydrogens (tertiary/aromatic N) is 1. The topological polar surface area (TPSA) is 41.5 Å². The van der Waals surface area contributed by atoms with Gasteiger partial charge in [-0.15, -0.1) is 0 Å². The van der Waals surface area contributed by atoms with Crippen LogP contribution in [-0.4, -0.2) is 17.5 Å². The molecule has 3 nitrogen and oxygen atoms in total. The van der Waals surface area contributed by atoms with E-state index in [1.807, 2.05) is 0 Å². The molecule has 1 aliphatic carbocycles. The fraction of sp³-hybridized carbons (Fsp3) is 0.846. The maximum Gasteiger partial charge on any atom is 0.144 e. The first-order valence-corrected chi connectivity index (χ1v) is 6.24. The Morgan fingerprint density at radius 1 is 1.50 bits per heavy atom. The van der Waals surface area contributed by atoms with Crippen molar-refractivity contribution in [1.82, 2.24) is 5.43 Å². The van der Waals surface area contributed by atoms with E-state index in [1.54, 1.807) is 0 Å². The Balaban J connectivity index is 2.12. The third-order valence-corrected chi connectivity index (χ3v) is 3.52. The molecule has 0 radical (unpaired) electrons. The van der Waals surface area contributed by atoms with E-state index in [9.17, 15) is 4.79 Å². The fourth-order valence-corrected chi connectivity index (χ4v) is 2.96. The second-order valence-electron chi connectivity index (χ2n) is 6.43. The van der Waals surface area contributed by atoms with Crippen LogP contribution in [0.4, 0.5) is 0 Å². The molecule has 0 unspecified atom stereocenters. The normalized spacial score (nSPS) is 32.3. The number of rotatable bonds is 2. The van der Waals surface area contributed by atoms with Crippen molar-refractivity contribution in [2.75, 3.05) is 0 Å². The SMILES string of the molecule is CC(C)CC1=NN[C@@H]2CC(C)(C)CC(=O)[C@@H]12. The molecule has 2 atom stereocenters. The van der Waals surface area contributed by atoms with Crippen molar-refractivity contribution in [2.45, 2.75) is 53.0 Å². The highest BCUT2D eigenvalue weighted by molar-refractivity contribution is 6.07. The van der Waals surface area contributed by atoms with Crippen LogP contribution in [0, 0.1) is 17.3 Å². The number of ketones is 1. The van der Waals surface area contributed by atoms with Gasteiger partial charge in [0.05, 0.1) is 17.7 Å². The molecule has 3 heteroatoms. The van der Waals surface area contributed by atoms with Gasteiger partial charge in [0, 0.05) is 6.42 Å². The molecule has 90 valence electrons. The maximum atomic E-state index is 12.2. The molecule has 0 amide bonds. The summed E-state index contributed by atoms with van der Waals surface area (Å²) in [6, 6.07) is 0.255. The predicted molar refractivity (Wildman–Crippen MR) is 65.3 cm³/mol. The molecule has 0 bridgehead atoms. The Bertz CT molecular complexity index is 331. The second-order valence-corrected chi connectivity index (χ2v) is 6.43. The minimum atomic E-state index is 0.0652. The number of fused-ring (bicyclic) bond motifs is 1. The van der Waals surface area contributed by atoms with Crippen molar-refractivity contribution >= 4 is 11.5 Å². The minimum Gasteiger partial charge on any atom is -0.306 e. The average Bonchev–Trinajstić information content (AvgIpc) is 2.44. The van der Waals surface area contributed by atoms with Crippen LogP contribution >= 0.6 is 0 Å². The molecule has 0 aromatic rings. The summed E-state index contributed by atoms with van der Waals surface area (Å²) in [7, 11) is 0. The van der Waals surface area contributed by atoms with Gasteiger partial charge in [0.1, 0.15) is 5.78 Å². The summed E-state index contributed by atoms with van der Waals surface area (Å²) in [5.41, 5.74) is 4.38. The zero-order valence-corrected chi connectivity index (χ0v) is 10.7. The number of carbonyl (C=O) groups is 1. The maximum absolute atomic E-state index is 12.2. The first kappa shape index (κ1) is 11.6. The lowest BCUT2D eigenvalue weighted by Gasteiger charge is -2.36. The average molecular weight is 222 g/mol. The van der Waals surface area contributed by atoms with Crippen molar-refractivity contribution in [3.8, 4) is 0 Å². The van der Waals surface area contributed by atoms with Gasteiger partial charge in [-0.25, -0.2) is 0 Å². The van der Waals surface area contributed by atoms with Gasteiger partial charge in [0.25, 0.3) is 0 Å². The third-order valence-electron chi connectivity index (χ3n) is 3.52. The zero-order valence-electron chi connectivity index (χ0n) is 10.7. The third kappa shape index (κ3) is 2.13.